The van der Waals surface area contributed by atoms with Crippen LogP contribution < -0.4 is 4.74 Å². The van der Waals surface area contributed by atoms with Crippen LogP contribution in [0.15, 0.2) is 48.5 Å². The Morgan fingerprint density at radius 3 is 2.45 bits per heavy atom. The summed E-state index contributed by atoms with van der Waals surface area (Å²) in [6.45, 7) is 3.89. The average Bonchev–Trinajstić information content (AvgIpc) is 3.14. The number of carbonyl (C=O) groups excluding carboxylic acids is 2. The molecule has 0 radical (unpaired) electrons. The van der Waals surface area contributed by atoms with Gasteiger partial charge in [0, 0.05) is 12.6 Å². The Bertz CT molecular complexity index is 1080. The molecule has 1 saturated heterocycles. The van der Waals surface area contributed by atoms with Crippen molar-refractivity contribution in [3.05, 3.63) is 65.5 Å². The molecule has 1 atom stereocenters. The van der Waals surface area contributed by atoms with Gasteiger partial charge in [-0.2, -0.15) is 0 Å². The lowest BCUT2D eigenvalue weighted by molar-refractivity contribution is -0.137. The molecule has 7 nitrogen and oxygen atoms in total. The number of benzene rings is 2. The van der Waals surface area contributed by atoms with Crippen molar-refractivity contribution >= 4 is 21.7 Å². The largest absolute Gasteiger partial charge is 0.488 e. The van der Waals surface area contributed by atoms with E-state index in [0.717, 1.165) is 5.56 Å². The molecule has 0 spiro atoms. The first kappa shape index (κ1) is 24.7. The molecule has 33 heavy (non-hydrogen) atoms. The van der Waals surface area contributed by atoms with Crippen molar-refractivity contribution in [3.63, 3.8) is 0 Å². The molecule has 1 amide bonds. The highest BCUT2D eigenvalue weighted by Crippen LogP contribution is 2.22. The van der Waals surface area contributed by atoms with Crippen molar-refractivity contribution in [3.8, 4) is 5.75 Å². The fourth-order valence-electron chi connectivity index (χ4n) is 3.66. The van der Waals surface area contributed by atoms with Gasteiger partial charge < -0.3 is 14.4 Å². The quantitative estimate of drug-likeness (QED) is 0.515. The lowest BCUT2D eigenvalue weighted by Gasteiger charge is -2.29. The number of halogens is 1. The van der Waals surface area contributed by atoms with Gasteiger partial charge in [0.15, 0.2) is 16.4 Å². The molecule has 1 fully saturated rings. The number of carbonyl (C=O) groups is 2. The molecule has 1 aliphatic rings. The van der Waals surface area contributed by atoms with Crippen LogP contribution in [0.25, 0.3) is 0 Å². The fraction of sp³-hybridized carbons (Fsp3) is 0.417. The molecule has 0 aliphatic carbocycles. The van der Waals surface area contributed by atoms with E-state index in [1.807, 2.05) is 13.8 Å². The molecule has 3 rings (SSSR count). The van der Waals surface area contributed by atoms with Crippen LogP contribution in [0.2, 0.25) is 0 Å². The molecule has 178 valence electrons. The van der Waals surface area contributed by atoms with E-state index in [-0.39, 0.29) is 41.2 Å². The zero-order valence-electron chi connectivity index (χ0n) is 18.7. The Kier molecular flexibility index (Phi) is 8.07. The van der Waals surface area contributed by atoms with Crippen LogP contribution in [0, 0.1) is 11.7 Å². The number of sulfone groups is 1. The number of amides is 1. The van der Waals surface area contributed by atoms with Gasteiger partial charge in [0.05, 0.1) is 11.5 Å². The lowest BCUT2D eigenvalue weighted by Crippen LogP contribution is -2.45. The van der Waals surface area contributed by atoms with E-state index in [1.165, 1.54) is 23.1 Å². The number of hydrogen-bond acceptors (Lipinski definition) is 6. The molecule has 0 N–H and O–H groups in total. The normalized spacial score (nSPS) is 17.0. The third kappa shape index (κ3) is 7.02. The maximum atomic E-state index is 13.1. The SMILES string of the molecule is CC(C)CN(C(=O)COC(=O)c1ccccc1OCc1ccc(F)cc1)C1CCS(=O)(=O)C1. The van der Waals surface area contributed by atoms with Gasteiger partial charge in [-0.05, 0) is 42.2 Å². The van der Waals surface area contributed by atoms with Gasteiger partial charge in [0.1, 0.15) is 23.7 Å². The van der Waals surface area contributed by atoms with Gasteiger partial charge in [-0.15, -0.1) is 0 Å². The maximum Gasteiger partial charge on any atom is 0.342 e. The highest BCUT2D eigenvalue weighted by atomic mass is 32.2. The van der Waals surface area contributed by atoms with Gasteiger partial charge in [0.25, 0.3) is 5.91 Å². The Labute approximate surface area is 193 Å². The van der Waals surface area contributed by atoms with Crippen LogP contribution >= 0.6 is 0 Å². The summed E-state index contributed by atoms with van der Waals surface area (Å²) < 4.78 is 47.8. The summed E-state index contributed by atoms with van der Waals surface area (Å²) in [5.41, 5.74) is 0.886. The average molecular weight is 478 g/mol. The van der Waals surface area contributed by atoms with Crippen molar-refractivity contribution in [1.29, 1.82) is 0 Å². The number of rotatable bonds is 9. The summed E-state index contributed by atoms with van der Waals surface area (Å²) >= 11 is 0. The first-order chi connectivity index (χ1) is 15.6. The van der Waals surface area contributed by atoms with Crippen molar-refractivity contribution < 1.29 is 31.9 Å². The Morgan fingerprint density at radius 1 is 1.12 bits per heavy atom. The van der Waals surface area contributed by atoms with Gasteiger partial charge in [0.2, 0.25) is 0 Å². The van der Waals surface area contributed by atoms with Crippen molar-refractivity contribution in [2.45, 2.75) is 32.9 Å². The van der Waals surface area contributed by atoms with Crippen LogP contribution in [-0.4, -0.2) is 55.9 Å². The number of esters is 1. The molecule has 9 heteroatoms. The van der Waals surface area contributed by atoms with E-state index in [1.54, 1.807) is 30.3 Å². The molecule has 2 aromatic rings. The van der Waals surface area contributed by atoms with Crippen LogP contribution in [0.5, 0.6) is 5.75 Å². The van der Waals surface area contributed by atoms with Crippen LogP contribution in [-0.2, 0) is 26.0 Å². The zero-order chi connectivity index (χ0) is 24.0. The zero-order valence-corrected chi connectivity index (χ0v) is 19.5. The monoisotopic (exact) mass is 477 g/mol. The molecule has 1 unspecified atom stereocenters. The minimum Gasteiger partial charge on any atom is -0.488 e. The van der Waals surface area contributed by atoms with Gasteiger partial charge in [-0.3, -0.25) is 4.79 Å². The third-order valence-electron chi connectivity index (χ3n) is 5.27. The smallest absolute Gasteiger partial charge is 0.342 e. The first-order valence-electron chi connectivity index (χ1n) is 10.8. The molecule has 2 aromatic carbocycles. The summed E-state index contributed by atoms with van der Waals surface area (Å²) in [6, 6.07) is 11.9. The van der Waals surface area contributed by atoms with Gasteiger partial charge in [-0.25, -0.2) is 17.6 Å². The van der Waals surface area contributed by atoms with Gasteiger partial charge in [-0.1, -0.05) is 38.1 Å². The summed E-state index contributed by atoms with van der Waals surface area (Å²) in [6.07, 6.45) is 0.384. The third-order valence-corrected chi connectivity index (χ3v) is 7.02. The van der Waals surface area contributed by atoms with E-state index in [4.69, 9.17) is 9.47 Å². The van der Waals surface area contributed by atoms with Crippen LogP contribution in [0.3, 0.4) is 0 Å². The second-order valence-electron chi connectivity index (χ2n) is 8.48. The molecule has 0 bridgehead atoms. The minimum absolute atomic E-state index is 0.0537. The maximum absolute atomic E-state index is 13.1. The Morgan fingerprint density at radius 2 is 1.82 bits per heavy atom. The summed E-state index contributed by atoms with van der Waals surface area (Å²) in [7, 11) is -3.16. The second kappa shape index (κ2) is 10.8. The van der Waals surface area contributed by atoms with E-state index >= 15 is 0 Å². The van der Waals surface area contributed by atoms with Crippen molar-refractivity contribution in [2.24, 2.45) is 5.92 Å². The van der Waals surface area contributed by atoms with Gasteiger partial charge >= 0.3 is 5.97 Å². The molecular weight excluding hydrogens is 449 g/mol. The van der Waals surface area contributed by atoms with Crippen molar-refractivity contribution in [2.75, 3.05) is 24.7 Å². The van der Waals surface area contributed by atoms with Crippen LogP contribution in [0.4, 0.5) is 4.39 Å². The summed E-state index contributed by atoms with van der Waals surface area (Å²) in [4.78, 5) is 27.0. The minimum atomic E-state index is -3.16. The highest BCUT2D eigenvalue weighted by molar-refractivity contribution is 7.91. The standard InChI is InChI=1S/C24H28FNO6S/c1-17(2)13-26(20-11-12-33(29,30)16-20)23(27)15-32-24(28)21-5-3-4-6-22(21)31-14-18-7-9-19(25)10-8-18/h3-10,17,20H,11-16H2,1-2H3. The molecular formula is C24H28FNO6S. The fourth-order valence-corrected chi connectivity index (χ4v) is 5.39. The highest BCUT2D eigenvalue weighted by Gasteiger charge is 2.35. The number of hydrogen-bond donors (Lipinski definition) is 0. The molecule has 1 aliphatic heterocycles. The predicted octanol–water partition coefficient (Wildman–Crippen LogP) is 3.23. The number of ether oxygens (including phenoxy) is 2. The first-order valence-corrected chi connectivity index (χ1v) is 12.6. The second-order valence-corrected chi connectivity index (χ2v) is 10.7. The van der Waals surface area contributed by atoms with E-state index < -0.39 is 34.4 Å². The summed E-state index contributed by atoms with van der Waals surface area (Å²) in [5, 5.41) is 0. The predicted molar refractivity (Wildman–Crippen MR) is 121 cm³/mol. The molecule has 0 saturated carbocycles. The van der Waals surface area contributed by atoms with Crippen LogP contribution in [0.1, 0.15) is 36.2 Å². The van der Waals surface area contributed by atoms with E-state index in [2.05, 4.69) is 0 Å². The Hall–Kier alpha value is -2.94. The lowest BCUT2D eigenvalue weighted by atomic mass is 10.1. The summed E-state index contributed by atoms with van der Waals surface area (Å²) in [5.74, 6) is -1.11. The number of para-hydroxylation sites is 1. The molecule has 0 aromatic heterocycles. The van der Waals surface area contributed by atoms with Crippen molar-refractivity contribution in [1.82, 2.24) is 4.90 Å². The Balaban J connectivity index is 1.63. The number of nitrogens with zero attached hydrogens (tertiary/aromatic N) is 1. The van der Waals surface area contributed by atoms with E-state index in [0.29, 0.717) is 13.0 Å². The topological polar surface area (TPSA) is 90.0 Å². The van der Waals surface area contributed by atoms with E-state index in [9.17, 15) is 22.4 Å². The molecule has 1 heterocycles.